The molecule has 1 aromatic carbocycles. The Bertz CT molecular complexity index is 822. The molecule has 1 heterocycles. The molecule has 0 aliphatic carbocycles. The maximum absolute atomic E-state index is 13.1. The molecule has 5 N–H and O–H groups in total. The van der Waals surface area contributed by atoms with Gasteiger partial charge in [-0.15, -0.1) is 0 Å². The van der Waals surface area contributed by atoms with Crippen molar-refractivity contribution in [3.05, 3.63) is 36.0 Å². The van der Waals surface area contributed by atoms with Crippen molar-refractivity contribution in [2.24, 2.45) is 5.41 Å². The van der Waals surface area contributed by atoms with Crippen LogP contribution in [0.4, 0.5) is 0 Å². The molecule has 26 heavy (non-hydrogen) atoms. The number of aromatic amines is 1. The van der Waals surface area contributed by atoms with Crippen molar-refractivity contribution in [3.8, 4) is 0 Å². The lowest BCUT2D eigenvalue weighted by atomic mass is 9.82. The summed E-state index contributed by atoms with van der Waals surface area (Å²) in [6, 6.07) is 6.47. The summed E-state index contributed by atoms with van der Waals surface area (Å²) in [5, 5.41) is 21.4. The van der Waals surface area contributed by atoms with Gasteiger partial charge < -0.3 is 15.4 Å². The maximum Gasteiger partial charge on any atom is 0.272 e. The third-order valence-corrected chi connectivity index (χ3v) is 4.08. The zero-order valence-corrected chi connectivity index (χ0v) is 14.9. The zero-order chi connectivity index (χ0) is 19.5. The van der Waals surface area contributed by atoms with Crippen LogP contribution in [0.25, 0.3) is 10.9 Å². The van der Waals surface area contributed by atoms with E-state index in [0.29, 0.717) is 5.56 Å². The van der Waals surface area contributed by atoms with Crippen molar-refractivity contribution >= 4 is 28.5 Å². The summed E-state index contributed by atoms with van der Waals surface area (Å²) in [5.74, 6) is -2.03. The van der Waals surface area contributed by atoms with Crippen LogP contribution in [0.1, 0.15) is 37.6 Å². The molecule has 0 fully saturated rings. The second-order valence-corrected chi connectivity index (χ2v) is 7.17. The Morgan fingerprint density at radius 1 is 1.19 bits per heavy atom. The van der Waals surface area contributed by atoms with Crippen LogP contribution in [0.3, 0.4) is 0 Å². The molecule has 0 unspecified atom stereocenters. The largest absolute Gasteiger partial charge is 0.383 e. The Balaban J connectivity index is 2.24. The molecule has 0 radical (unpaired) electrons. The number of hydroxylamine groups is 1. The van der Waals surface area contributed by atoms with Gasteiger partial charge in [-0.05, 0) is 11.5 Å². The molecular formula is C18H23N3O5. The lowest BCUT2D eigenvalue weighted by molar-refractivity contribution is -0.141. The van der Waals surface area contributed by atoms with E-state index in [1.54, 1.807) is 6.20 Å². The summed E-state index contributed by atoms with van der Waals surface area (Å²) in [7, 11) is 0. The minimum Gasteiger partial charge on any atom is -0.383 e. The SMILES string of the molecule is CC(C)(C)[C@H](NC(=O)C[C@H](O)C(=O)NO)C(=O)c1c[nH]c2ccccc12. The highest BCUT2D eigenvalue weighted by Crippen LogP contribution is 2.26. The second-order valence-electron chi connectivity index (χ2n) is 7.17. The first-order chi connectivity index (χ1) is 12.1. The van der Waals surface area contributed by atoms with E-state index in [-0.39, 0.29) is 5.78 Å². The highest BCUT2D eigenvalue weighted by atomic mass is 16.5. The molecule has 2 aromatic rings. The summed E-state index contributed by atoms with van der Waals surface area (Å²) >= 11 is 0. The number of para-hydroxylation sites is 1. The predicted octanol–water partition coefficient (Wildman–Crippen LogP) is 1.14. The first-order valence-electron chi connectivity index (χ1n) is 8.17. The highest BCUT2D eigenvalue weighted by molar-refractivity contribution is 6.11. The molecule has 140 valence electrons. The Labute approximate surface area is 150 Å². The summed E-state index contributed by atoms with van der Waals surface area (Å²) in [5.41, 5.74) is 1.94. The minimum absolute atomic E-state index is 0.274. The summed E-state index contributed by atoms with van der Waals surface area (Å²) in [6.45, 7) is 5.42. The number of aromatic nitrogens is 1. The van der Waals surface area contributed by atoms with Crippen LogP contribution in [-0.2, 0) is 9.59 Å². The zero-order valence-electron chi connectivity index (χ0n) is 14.9. The fourth-order valence-electron chi connectivity index (χ4n) is 2.67. The number of ketones is 1. The van der Waals surface area contributed by atoms with E-state index in [9.17, 15) is 19.5 Å². The Morgan fingerprint density at radius 3 is 2.46 bits per heavy atom. The van der Waals surface area contributed by atoms with Gasteiger partial charge in [0.2, 0.25) is 5.91 Å². The smallest absolute Gasteiger partial charge is 0.272 e. The molecule has 8 heteroatoms. The summed E-state index contributed by atoms with van der Waals surface area (Å²) < 4.78 is 0. The van der Waals surface area contributed by atoms with Gasteiger partial charge in [-0.1, -0.05) is 39.0 Å². The lowest BCUT2D eigenvalue weighted by Gasteiger charge is -2.30. The molecule has 0 spiro atoms. The molecule has 0 saturated heterocycles. The number of nitrogens with one attached hydrogen (secondary N) is 3. The van der Waals surface area contributed by atoms with Gasteiger partial charge in [-0.2, -0.15) is 0 Å². The monoisotopic (exact) mass is 361 g/mol. The van der Waals surface area contributed by atoms with E-state index < -0.39 is 35.8 Å². The standard InChI is InChI=1S/C18H23N3O5/c1-18(2,3)16(20-14(23)8-13(22)17(25)21-26)15(24)11-9-19-12-7-5-4-6-10(11)12/h4-7,9,13,16,19,22,26H,8H2,1-3H3,(H,20,23)(H,21,25)/t13-,16+/m0/s1. The van der Waals surface area contributed by atoms with Crippen molar-refractivity contribution in [1.82, 2.24) is 15.8 Å². The number of carbonyl (C=O) groups excluding carboxylic acids is 3. The number of carbonyl (C=O) groups is 3. The fraction of sp³-hybridized carbons (Fsp3) is 0.389. The number of H-pyrrole nitrogens is 1. The van der Waals surface area contributed by atoms with Crippen molar-refractivity contribution in [2.45, 2.75) is 39.3 Å². The molecule has 8 nitrogen and oxygen atoms in total. The van der Waals surface area contributed by atoms with Gasteiger partial charge >= 0.3 is 0 Å². The summed E-state index contributed by atoms with van der Waals surface area (Å²) in [6.07, 6.45) is -0.671. The van der Waals surface area contributed by atoms with Gasteiger partial charge in [-0.25, -0.2) is 5.48 Å². The number of aliphatic hydroxyl groups excluding tert-OH is 1. The molecule has 2 atom stereocenters. The number of Topliss-reactive ketones (excluding diaryl/α,β-unsaturated/α-hetero) is 1. The van der Waals surface area contributed by atoms with Gasteiger partial charge in [0.1, 0.15) is 6.10 Å². The van der Waals surface area contributed by atoms with Gasteiger partial charge in [-0.3, -0.25) is 19.6 Å². The van der Waals surface area contributed by atoms with Crippen LogP contribution in [0.15, 0.2) is 30.5 Å². The highest BCUT2D eigenvalue weighted by Gasteiger charge is 2.35. The van der Waals surface area contributed by atoms with Crippen molar-refractivity contribution in [3.63, 3.8) is 0 Å². The molecule has 0 bridgehead atoms. The van der Waals surface area contributed by atoms with Gasteiger partial charge in [0.15, 0.2) is 5.78 Å². The van der Waals surface area contributed by atoms with Crippen LogP contribution in [-0.4, -0.2) is 45.0 Å². The average Bonchev–Trinajstić information content (AvgIpc) is 3.01. The number of hydrogen-bond donors (Lipinski definition) is 5. The molecule has 0 aliphatic heterocycles. The molecule has 2 amide bonds. The molecule has 0 aliphatic rings. The second kappa shape index (κ2) is 7.67. The van der Waals surface area contributed by atoms with Crippen LogP contribution in [0, 0.1) is 5.41 Å². The number of amides is 2. The Kier molecular flexibility index (Phi) is 5.79. The maximum atomic E-state index is 13.1. The first kappa shape index (κ1) is 19.6. The Morgan fingerprint density at radius 2 is 1.85 bits per heavy atom. The molecular weight excluding hydrogens is 338 g/mol. The number of benzene rings is 1. The first-order valence-corrected chi connectivity index (χ1v) is 8.17. The van der Waals surface area contributed by atoms with Gasteiger partial charge in [0.25, 0.3) is 5.91 Å². The molecule has 2 rings (SSSR count). The third-order valence-electron chi connectivity index (χ3n) is 4.08. The Hall–Kier alpha value is -2.71. The predicted molar refractivity (Wildman–Crippen MR) is 94.6 cm³/mol. The van der Waals surface area contributed by atoms with Crippen molar-refractivity contribution < 1.29 is 24.7 Å². The summed E-state index contributed by atoms with van der Waals surface area (Å²) in [4.78, 5) is 39.4. The van der Waals surface area contributed by atoms with Crippen LogP contribution >= 0.6 is 0 Å². The van der Waals surface area contributed by atoms with Crippen LogP contribution in [0.5, 0.6) is 0 Å². The quantitative estimate of drug-likeness (QED) is 0.299. The average molecular weight is 361 g/mol. The van der Waals surface area contributed by atoms with E-state index >= 15 is 0 Å². The molecule has 1 aromatic heterocycles. The number of hydrogen-bond acceptors (Lipinski definition) is 5. The van der Waals surface area contributed by atoms with Crippen LogP contribution < -0.4 is 10.8 Å². The normalized spacial score (nSPS) is 13.9. The van der Waals surface area contributed by atoms with Gasteiger partial charge in [0, 0.05) is 22.7 Å². The van der Waals surface area contributed by atoms with Crippen molar-refractivity contribution in [2.75, 3.05) is 0 Å². The van der Waals surface area contributed by atoms with E-state index in [0.717, 1.165) is 10.9 Å². The fourth-order valence-corrected chi connectivity index (χ4v) is 2.67. The number of aliphatic hydroxyl groups is 1. The molecule has 0 saturated carbocycles. The lowest BCUT2D eigenvalue weighted by Crippen LogP contribution is -2.50. The third kappa shape index (κ3) is 4.27. The van der Waals surface area contributed by atoms with E-state index in [1.807, 2.05) is 45.0 Å². The van der Waals surface area contributed by atoms with Crippen LogP contribution in [0.2, 0.25) is 0 Å². The van der Waals surface area contributed by atoms with E-state index in [1.165, 1.54) is 5.48 Å². The van der Waals surface area contributed by atoms with Gasteiger partial charge in [0.05, 0.1) is 12.5 Å². The number of rotatable bonds is 6. The van der Waals surface area contributed by atoms with Crippen molar-refractivity contribution in [1.29, 1.82) is 0 Å². The topological polar surface area (TPSA) is 132 Å². The van der Waals surface area contributed by atoms with E-state index in [4.69, 9.17) is 5.21 Å². The minimum atomic E-state index is -1.70. The van der Waals surface area contributed by atoms with E-state index in [2.05, 4.69) is 10.3 Å². The number of fused-ring (bicyclic) bond motifs is 1.